The predicted octanol–water partition coefficient (Wildman–Crippen LogP) is 3.63. The van der Waals surface area contributed by atoms with E-state index in [0.29, 0.717) is 11.3 Å². The van der Waals surface area contributed by atoms with Gasteiger partial charge in [0, 0.05) is 22.8 Å². The molecule has 1 amide bonds. The Kier molecular flexibility index (Phi) is 4.11. The first-order valence-corrected chi connectivity index (χ1v) is 8.73. The average Bonchev–Trinajstić information content (AvgIpc) is 3.40. The van der Waals surface area contributed by atoms with Crippen molar-refractivity contribution in [2.45, 2.75) is 18.3 Å². The number of fused-ring (bicyclic) bond motifs is 1. The smallest absolute Gasteiger partial charge is 0.337 e. The lowest BCUT2D eigenvalue weighted by Crippen LogP contribution is -2.27. The van der Waals surface area contributed by atoms with E-state index >= 15 is 0 Å². The number of ether oxygens (including phenoxy) is 2. The van der Waals surface area contributed by atoms with E-state index in [9.17, 15) is 9.59 Å². The summed E-state index contributed by atoms with van der Waals surface area (Å²) in [6, 6.07) is 12.5. The van der Waals surface area contributed by atoms with Crippen molar-refractivity contribution < 1.29 is 19.1 Å². The lowest BCUT2D eigenvalue weighted by atomic mass is 9.94. The summed E-state index contributed by atoms with van der Waals surface area (Å²) in [6.07, 6.45) is 3.50. The first-order chi connectivity index (χ1) is 13.1. The molecule has 0 radical (unpaired) electrons. The van der Waals surface area contributed by atoms with Crippen molar-refractivity contribution in [2.24, 2.45) is 0 Å². The molecule has 0 unspecified atom stereocenters. The largest absolute Gasteiger partial charge is 0.497 e. The van der Waals surface area contributed by atoms with E-state index < -0.39 is 11.4 Å². The van der Waals surface area contributed by atoms with Gasteiger partial charge in [-0.1, -0.05) is 0 Å². The van der Waals surface area contributed by atoms with Crippen molar-refractivity contribution in [3.63, 3.8) is 0 Å². The van der Waals surface area contributed by atoms with Crippen LogP contribution in [0.25, 0.3) is 10.9 Å². The molecule has 0 spiro atoms. The third kappa shape index (κ3) is 2.93. The maximum atomic E-state index is 13.0. The number of methoxy groups -OCH3 is 2. The first-order valence-electron chi connectivity index (χ1n) is 8.73. The van der Waals surface area contributed by atoms with Crippen LogP contribution in [0.4, 0.5) is 5.69 Å². The van der Waals surface area contributed by atoms with Crippen molar-refractivity contribution in [1.82, 2.24) is 4.98 Å². The molecule has 6 heteroatoms. The van der Waals surface area contributed by atoms with Crippen molar-refractivity contribution in [1.29, 1.82) is 0 Å². The topological polar surface area (TPSA) is 80.4 Å². The van der Waals surface area contributed by atoms with Gasteiger partial charge in [0.2, 0.25) is 5.91 Å². The van der Waals surface area contributed by atoms with Crippen LogP contribution in [-0.4, -0.2) is 31.1 Å². The van der Waals surface area contributed by atoms with E-state index in [2.05, 4.69) is 10.3 Å². The van der Waals surface area contributed by atoms with Gasteiger partial charge >= 0.3 is 5.97 Å². The number of anilines is 1. The second-order valence-corrected chi connectivity index (χ2v) is 6.72. The zero-order valence-electron chi connectivity index (χ0n) is 15.2. The van der Waals surface area contributed by atoms with Crippen molar-refractivity contribution in [3.8, 4) is 5.75 Å². The van der Waals surface area contributed by atoms with Gasteiger partial charge < -0.3 is 19.8 Å². The third-order valence-corrected chi connectivity index (χ3v) is 5.15. The van der Waals surface area contributed by atoms with Gasteiger partial charge in [0.1, 0.15) is 5.75 Å². The van der Waals surface area contributed by atoms with Crippen LogP contribution >= 0.6 is 0 Å². The zero-order valence-corrected chi connectivity index (χ0v) is 15.2. The van der Waals surface area contributed by atoms with Crippen molar-refractivity contribution >= 4 is 28.5 Å². The highest BCUT2D eigenvalue weighted by Gasteiger charge is 2.52. The van der Waals surface area contributed by atoms with Crippen LogP contribution < -0.4 is 10.1 Å². The molecule has 1 aliphatic rings. The standard InChI is InChI=1S/C21H20N2O4/c1-26-15-7-8-18-16(11-15)17(12-22-18)21(9-10-21)20(25)23-14-5-3-13(4-6-14)19(24)27-2/h3-8,11-12,22H,9-10H2,1-2H3,(H,23,25). The van der Waals surface area contributed by atoms with E-state index in [0.717, 1.165) is 35.1 Å². The summed E-state index contributed by atoms with van der Waals surface area (Å²) in [5.74, 6) is 0.314. The summed E-state index contributed by atoms with van der Waals surface area (Å²) in [6.45, 7) is 0. The minimum Gasteiger partial charge on any atom is -0.497 e. The van der Waals surface area contributed by atoms with Gasteiger partial charge in [0.15, 0.2) is 0 Å². The number of nitrogens with one attached hydrogen (secondary N) is 2. The summed E-state index contributed by atoms with van der Waals surface area (Å²) >= 11 is 0. The number of hydrogen-bond acceptors (Lipinski definition) is 4. The van der Waals surface area contributed by atoms with E-state index in [4.69, 9.17) is 9.47 Å². The van der Waals surface area contributed by atoms with E-state index in [1.54, 1.807) is 31.4 Å². The van der Waals surface area contributed by atoms with Gasteiger partial charge in [-0.2, -0.15) is 0 Å². The normalized spacial score (nSPS) is 14.6. The Morgan fingerprint density at radius 1 is 1.07 bits per heavy atom. The summed E-state index contributed by atoms with van der Waals surface area (Å²) < 4.78 is 10.0. The van der Waals surface area contributed by atoms with Crippen LogP contribution in [0.5, 0.6) is 5.75 Å². The highest BCUT2D eigenvalue weighted by Crippen LogP contribution is 2.51. The minimum absolute atomic E-state index is 0.0444. The van der Waals surface area contributed by atoms with E-state index in [1.807, 2.05) is 24.4 Å². The number of amides is 1. The molecule has 27 heavy (non-hydrogen) atoms. The van der Waals surface area contributed by atoms with Gasteiger partial charge in [-0.25, -0.2) is 4.79 Å². The Morgan fingerprint density at radius 2 is 1.81 bits per heavy atom. The quantitative estimate of drug-likeness (QED) is 0.678. The van der Waals surface area contributed by atoms with Crippen LogP contribution in [0, 0.1) is 0 Å². The number of carbonyl (C=O) groups is 2. The summed E-state index contributed by atoms with van der Waals surface area (Å²) in [7, 11) is 2.97. The SMILES string of the molecule is COC(=O)c1ccc(NC(=O)C2(c3c[nH]c4ccc(OC)cc34)CC2)cc1. The number of hydrogen-bond donors (Lipinski definition) is 2. The minimum atomic E-state index is -0.536. The maximum absolute atomic E-state index is 13.0. The summed E-state index contributed by atoms with van der Waals surface area (Å²) in [4.78, 5) is 27.8. The van der Waals surface area contributed by atoms with Crippen LogP contribution in [0.3, 0.4) is 0 Å². The first kappa shape index (κ1) is 17.1. The van der Waals surface area contributed by atoms with Crippen molar-refractivity contribution in [2.75, 3.05) is 19.5 Å². The number of esters is 1. The number of aromatic amines is 1. The van der Waals surface area contributed by atoms with Crippen LogP contribution in [0.15, 0.2) is 48.7 Å². The van der Waals surface area contributed by atoms with Gasteiger partial charge in [-0.3, -0.25) is 4.79 Å². The molecule has 1 saturated carbocycles. The lowest BCUT2D eigenvalue weighted by molar-refractivity contribution is -0.118. The lowest BCUT2D eigenvalue weighted by Gasteiger charge is -2.15. The molecule has 3 aromatic rings. The predicted molar refractivity (Wildman–Crippen MR) is 102 cm³/mol. The molecule has 2 aromatic carbocycles. The summed E-state index contributed by atoms with van der Waals surface area (Å²) in [5, 5.41) is 3.98. The molecule has 1 aliphatic carbocycles. The molecule has 0 aliphatic heterocycles. The van der Waals surface area contributed by atoms with Gasteiger partial charge in [-0.05, 0) is 60.9 Å². The van der Waals surface area contributed by atoms with Crippen LogP contribution in [0.1, 0.15) is 28.8 Å². The highest BCUT2D eigenvalue weighted by molar-refractivity contribution is 6.05. The third-order valence-electron chi connectivity index (χ3n) is 5.15. The molecule has 1 aromatic heterocycles. The fraction of sp³-hybridized carbons (Fsp3) is 0.238. The number of carbonyl (C=O) groups excluding carboxylic acids is 2. The number of H-pyrrole nitrogens is 1. The van der Waals surface area contributed by atoms with Crippen molar-refractivity contribution in [3.05, 3.63) is 59.8 Å². The molecule has 2 N–H and O–H groups in total. The van der Waals surface area contributed by atoms with Gasteiger partial charge in [-0.15, -0.1) is 0 Å². The number of rotatable bonds is 5. The Bertz CT molecular complexity index is 1020. The summed E-state index contributed by atoms with van der Waals surface area (Å²) in [5.41, 5.74) is 2.52. The van der Waals surface area contributed by atoms with E-state index in [-0.39, 0.29) is 5.91 Å². The average molecular weight is 364 g/mol. The monoisotopic (exact) mass is 364 g/mol. The number of aromatic nitrogens is 1. The molecule has 1 fully saturated rings. The second kappa shape index (κ2) is 6.46. The van der Waals surface area contributed by atoms with E-state index in [1.165, 1.54) is 7.11 Å². The zero-order chi connectivity index (χ0) is 19.0. The van der Waals surface area contributed by atoms with Gasteiger partial charge in [0.05, 0.1) is 25.2 Å². The molecule has 4 rings (SSSR count). The Labute approximate surface area is 156 Å². The molecule has 0 saturated heterocycles. The molecule has 6 nitrogen and oxygen atoms in total. The Balaban J connectivity index is 1.59. The van der Waals surface area contributed by atoms with Gasteiger partial charge in [0.25, 0.3) is 0 Å². The molecule has 1 heterocycles. The Morgan fingerprint density at radius 3 is 2.44 bits per heavy atom. The molecular formula is C21H20N2O4. The Hall–Kier alpha value is -3.28. The fourth-order valence-electron chi connectivity index (χ4n) is 3.42. The molecule has 138 valence electrons. The molecule has 0 bridgehead atoms. The van der Waals surface area contributed by atoms with Crippen LogP contribution in [-0.2, 0) is 14.9 Å². The second-order valence-electron chi connectivity index (χ2n) is 6.72. The van der Waals surface area contributed by atoms with Crippen LogP contribution in [0.2, 0.25) is 0 Å². The molecule has 0 atom stereocenters. The maximum Gasteiger partial charge on any atom is 0.337 e. The molecular weight excluding hydrogens is 344 g/mol. The highest BCUT2D eigenvalue weighted by atomic mass is 16.5. The number of benzene rings is 2. The fourth-order valence-corrected chi connectivity index (χ4v) is 3.42.